The van der Waals surface area contributed by atoms with Crippen LogP contribution < -0.4 is 10.1 Å². The number of carbonyl (C=O) groups is 1. The highest BCUT2D eigenvalue weighted by molar-refractivity contribution is 9.10. The predicted octanol–water partition coefficient (Wildman–Crippen LogP) is 3.14. The second-order valence-corrected chi connectivity index (χ2v) is 6.04. The third kappa shape index (κ3) is 4.42. The average molecular weight is 402 g/mol. The molecular weight excluding hydrogens is 386 g/mol. The fourth-order valence-electron chi connectivity index (χ4n) is 2.19. The number of benzene rings is 2. The predicted molar refractivity (Wildman–Crippen MR) is 97.2 cm³/mol. The summed E-state index contributed by atoms with van der Waals surface area (Å²) >= 11 is 3.38. The molecule has 128 valence electrons. The number of amides is 1. The lowest BCUT2D eigenvalue weighted by Gasteiger charge is -2.10. The molecule has 0 bridgehead atoms. The summed E-state index contributed by atoms with van der Waals surface area (Å²) in [7, 11) is 0. The number of hydrogen-bond donors (Lipinski definition) is 1. The van der Waals surface area contributed by atoms with Crippen molar-refractivity contribution in [3.8, 4) is 17.1 Å². The van der Waals surface area contributed by atoms with Crippen LogP contribution in [0.1, 0.15) is 6.92 Å². The largest absolute Gasteiger partial charge is 0.492 e. The molecule has 1 N–H and O–H groups in total. The molecule has 0 radical (unpaired) electrons. The van der Waals surface area contributed by atoms with Crippen molar-refractivity contribution in [1.29, 1.82) is 0 Å². The number of aromatic nitrogens is 4. The normalized spacial score (nSPS) is 10.5. The molecule has 1 aromatic heterocycles. The summed E-state index contributed by atoms with van der Waals surface area (Å²) in [5.41, 5.74) is 1.44. The van der Waals surface area contributed by atoms with Gasteiger partial charge in [-0.05, 0) is 48.5 Å². The van der Waals surface area contributed by atoms with E-state index in [-0.39, 0.29) is 12.5 Å². The first-order valence-electron chi connectivity index (χ1n) is 7.71. The maximum Gasteiger partial charge on any atom is 0.248 e. The number of halogens is 1. The average Bonchev–Trinajstić information content (AvgIpc) is 3.06. The molecule has 0 fully saturated rings. The topological polar surface area (TPSA) is 81.9 Å². The molecule has 3 aromatic rings. The second kappa shape index (κ2) is 7.89. The van der Waals surface area contributed by atoms with Crippen LogP contribution in [0.5, 0.6) is 5.75 Å². The Hall–Kier alpha value is -2.74. The van der Waals surface area contributed by atoms with Gasteiger partial charge in [-0.3, -0.25) is 4.79 Å². The van der Waals surface area contributed by atoms with Gasteiger partial charge in [-0.25, -0.2) is 0 Å². The van der Waals surface area contributed by atoms with Crippen molar-refractivity contribution in [3.05, 3.63) is 53.0 Å². The van der Waals surface area contributed by atoms with Crippen molar-refractivity contribution >= 4 is 27.5 Å². The first-order chi connectivity index (χ1) is 12.2. The number of tetrazole rings is 1. The monoisotopic (exact) mass is 401 g/mol. The molecule has 0 aliphatic carbocycles. The van der Waals surface area contributed by atoms with Gasteiger partial charge >= 0.3 is 0 Å². The Balaban J connectivity index is 1.67. The second-order valence-electron chi connectivity index (χ2n) is 5.13. The van der Waals surface area contributed by atoms with Crippen LogP contribution in [0.4, 0.5) is 5.69 Å². The molecule has 0 aliphatic rings. The molecule has 8 heteroatoms. The van der Waals surface area contributed by atoms with Crippen LogP contribution in [-0.2, 0) is 11.3 Å². The van der Waals surface area contributed by atoms with Gasteiger partial charge in [0.1, 0.15) is 12.3 Å². The van der Waals surface area contributed by atoms with Gasteiger partial charge in [-0.1, -0.05) is 28.1 Å². The summed E-state index contributed by atoms with van der Waals surface area (Å²) in [5.74, 6) is 0.836. The van der Waals surface area contributed by atoms with E-state index < -0.39 is 0 Å². The summed E-state index contributed by atoms with van der Waals surface area (Å²) in [4.78, 5) is 13.5. The maximum atomic E-state index is 12.2. The molecule has 0 aliphatic heterocycles. The fraction of sp³-hybridized carbons (Fsp3) is 0.176. The van der Waals surface area contributed by atoms with E-state index in [1.54, 1.807) is 12.1 Å². The Morgan fingerprint density at radius 1 is 1.20 bits per heavy atom. The third-order valence-corrected chi connectivity index (χ3v) is 3.83. The Bertz CT molecular complexity index is 863. The van der Waals surface area contributed by atoms with Crippen LogP contribution in [0.2, 0.25) is 0 Å². The number of anilines is 1. The number of ether oxygens (including phenoxy) is 1. The third-order valence-electron chi connectivity index (χ3n) is 3.30. The standard InChI is InChI=1S/C17H16BrN5O2/c1-2-25-15-6-4-3-5-14(15)19-16(24)11-23-21-17(20-22-23)12-7-9-13(18)10-8-12/h3-10H,2,11H2,1H3,(H,19,24). The summed E-state index contributed by atoms with van der Waals surface area (Å²) in [6, 6.07) is 14.8. The maximum absolute atomic E-state index is 12.2. The minimum Gasteiger partial charge on any atom is -0.492 e. The minimum absolute atomic E-state index is 0.0377. The lowest BCUT2D eigenvalue weighted by molar-refractivity contribution is -0.117. The van der Waals surface area contributed by atoms with Crippen molar-refractivity contribution in [1.82, 2.24) is 20.2 Å². The summed E-state index contributed by atoms with van der Waals surface area (Å²) in [5, 5.41) is 15.0. The molecule has 1 heterocycles. The smallest absolute Gasteiger partial charge is 0.248 e. The van der Waals surface area contributed by atoms with E-state index in [1.807, 2.05) is 43.3 Å². The first-order valence-corrected chi connectivity index (χ1v) is 8.50. The van der Waals surface area contributed by atoms with Gasteiger partial charge in [0.2, 0.25) is 11.7 Å². The minimum atomic E-state index is -0.257. The molecule has 0 atom stereocenters. The summed E-state index contributed by atoms with van der Waals surface area (Å²) in [6.45, 7) is 2.37. The van der Waals surface area contributed by atoms with Gasteiger partial charge < -0.3 is 10.1 Å². The Labute approximate surface area is 153 Å². The van der Waals surface area contributed by atoms with E-state index in [9.17, 15) is 4.79 Å². The van der Waals surface area contributed by atoms with Crippen molar-refractivity contribution in [2.24, 2.45) is 0 Å². The quantitative estimate of drug-likeness (QED) is 0.685. The van der Waals surface area contributed by atoms with Gasteiger partial charge in [0.15, 0.2) is 0 Å². The van der Waals surface area contributed by atoms with Crippen molar-refractivity contribution in [2.45, 2.75) is 13.5 Å². The number of hydrogen-bond acceptors (Lipinski definition) is 5. The number of para-hydroxylation sites is 2. The van der Waals surface area contributed by atoms with E-state index >= 15 is 0 Å². The van der Waals surface area contributed by atoms with Crippen molar-refractivity contribution in [2.75, 3.05) is 11.9 Å². The highest BCUT2D eigenvalue weighted by Crippen LogP contribution is 2.23. The van der Waals surface area contributed by atoms with E-state index in [2.05, 4.69) is 36.7 Å². The number of nitrogens with zero attached hydrogens (tertiary/aromatic N) is 4. The van der Waals surface area contributed by atoms with Crippen molar-refractivity contribution in [3.63, 3.8) is 0 Å². The highest BCUT2D eigenvalue weighted by atomic mass is 79.9. The van der Waals surface area contributed by atoms with E-state index in [4.69, 9.17) is 4.74 Å². The van der Waals surface area contributed by atoms with Crippen LogP contribution >= 0.6 is 15.9 Å². The summed E-state index contributed by atoms with van der Waals surface area (Å²) < 4.78 is 6.46. The number of carbonyl (C=O) groups excluding carboxylic acids is 1. The number of rotatable bonds is 6. The highest BCUT2D eigenvalue weighted by Gasteiger charge is 2.11. The van der Waals surface area contributed by atoms with Crippen LogP contribution in [0.3, 0.4) is 0 Å². The Morgan fingerprint density at radius 3 is 2.72 bits per heavy atom. The van der Waals surface area contributed by atoms with Gasteiger partial charge in [0, 0.05) is 10.0 Å². The zero-order valence-corrected chi connectivity index (χ0v) is 15.1. The lowest BCUT2D eigenvalue weighted by Crippen LogP contribution is -2.20. The molecule has 1 amide bonds. The zero-order valence-electron chi connectivity index (χ0n) is 13.5. The van der Waals surface area contributed by atoms with E-state index in [0.717, 1.165) is 10.0 Å². The van der Waals surface area contributed by atoms with Crippen LogP contribution in [0, 0.1) is 0 Å². The van der Waals surface area contributed by atoms with Crippen molar-refractivity contribution < 1.29 is 9.53 Å². The fourth-order valence-corrected chi connectivity index (χ4v) is 2.46. The molecular formula is C17H16BrN5O2. The molecule has 2 aromatic carbocycles. The zero-order chi connectivity index (χ0) is 17.6. The molecule has 25 heavy (non-hydrogen) atoms. The molecule has 7 nitrogen and oxygen atoms in total. The molecule has 0 saturated heterocycles. The van der Waals surface area contributed by atoms with Gasteiger partial charge in [-0.2, -0.15) is 4.80 Å². The van der Waals surface area contributed by atoms with Gasteiger partial charge in [0.25, 0.3) is 0 Å². The Morgan fingerprint density at radius 2 is 1.96 bits per heavy atom. The molecule has 0 unspecified atom stereocenters. The van der Waals surface area contributed by atoms with Gasteiger partial charge in [-0.15, -0.1) is 10.2 Å². The van der Waals surface area contributed by atoms with Crippen LogP contribution in [0.25, 0.3) is 11.4 Å². The molecule has 0 saturated carbocycles. The molecule has 0 spiro atoms. The summed E-state index contributed by atoms with van der Waals surface area (Å²) in [6.07, 6.45) is 0. The van der Waals surface area contributed by atoms with Crippen LogP contribution in [-0.4, -0.2) is 32.7 Å². The molecule has 3 rings (SSSR count). The van der Waals surface area contributed by atoms with E-state index in [1.165, 1.54) is 4.80 Å². The van der Waals surface area contributed by atoms with Crippen LogP contribution in [0.15, 0.2) is 53.0 Å². The van der Waals surface area contributed by atoms with E-state index in [0.29, 0.717) is 23.9 Å². The lowest BCUT2D eigenvalue weighted by atomic mass is 10.2. The SMILES string of the molecule is CCOc1ccccc1NC(=O)Cn1nnc(-c2ccc(Br)cc2)n1. The Kier molecular flexibility index (Phi) is 5.39. The number of nitrogens with one attached hydrogen (secondary N) is 1. The van der Waals surface area contributed by atoms with Gasteiger partial charge in [0.05, 0.1) is 12.3 Å². The first kappa shape index (κ1) is 17.1.